The van der Waals surface area contributed by atoms with Crippen molar-refractivity contribution in [1.29, 1.82) is 0 Å². The fourth-order valence-electron chi connectivity index (χ4n) is 1.88. The quantitative estimate of drug-likeness (QED) is 0.676. The Balaban J connectivity index is 2.27. The normalized spacial score (nSPS) is 10.6. The highest BCUT2D eigenvalue weighted by Crippen LogP contribution is 2.37. The Morgan fingerprint density at radius 1 is 1.05 bits per heavy atom. The molecule has 0 fully saturated rings. The molecule has 0 saturated carbocycles. The third-order valence-corrected chi connectivity index (χ3v) is 2.99. The molecule has 0 bridgehead atoms. The second kappa shape index (κ2) is 6.61. The van der Waals surface area contributed by atoms with Gasteiger partial charge in [-0.25, -0.2) is 0 Å². The van der Waals surface area contributed by atoms with Gasteiger partial charge in [0.1, 0.15) is 0 Å². The number of aromatic hydroxyl groups is 1. The van der Waals surface area contributed by atoms with Gasteiger partial charge in [-0.15, -0.1) is 0 Å². The number of ether oxygens (including phenoxy) is 2. The monoisotopic (exact) mass is 284 g/mol. The SMILES string of the molecule is COc1cc(/C=C/C(=O)c2ccccc2)cc(OC)c1O. The second-order valence-electron chi connectivity index (χ2n) is 4.34. The summed E-state index contributed by atoms with van der Waals surface area (Å²) in [5.74, 6) is 0.426. The number of allylic oxidation sites excluding steroid dienone is 1. The summed E-state index contributed by atoms with van der Waals surface area (Å²) >= 11 is 0. The zero-order chi connectivity index (χ0) is 15.2. The summed E-state index contributed by atoms with van der Waals surface area (Å²) in [5.41, 5.74) is 1.32. The predicted octanol–water partition coefficient (Wildman–Crippen LogP) is 3.31. The van der Waals surface area contributed by atoms with Crippen LogP contribution in [0.15, 0.2) is 48.5 Å². The van der Waals surface area contributed by atoms with Gasteiger partial charge in [0.15, 0.2) is 17.3 Å². The maximum Gasteiger partial charge on any atom is 0.200 e. The summed E-state index contributed by atoms with van der Waals surface area (Å²) in [6, 6.07) is 12.3. The van der Waals surface area contributed by atoms with E-state index in [9.17, 15) is 9.90 Å². The molecule has 4 nitrogen and oxygen atoms in total. The molecule has 0 heterocycles. The summed E-state index contributed by atoms with van der Waals surface area (Å²) in [4.78, 5) is 12.0. The smallest absolute Gasteiger partial charge is 0.200 e. The van der Waals surface area contributed by atoms with Gasteiger partial charge < -0.3 is 14.6 Å². The van der Waals surface area contributed by atoms with Crippen molar-refractivity contribution in [3.8, 4) is 17.2 Å². The van der Waals surface area contributed by atoms with Crippen molar-refractivity contribution in [2.24, 2.45) is 0 Å². The number of carbonyl (C=O) groups is 1. The number of rotatable bonds is 5. The molecule has 2 aromatic carbocycles. The van der Waals surface area contributed by atoms with E-state index in [2.05, 4.69) is 0 Å². The van der Waals surface area contributed by atoms with Gasteiger partial charge in [-0.2, -0.15) is 0 Å². The second-order valence-corrected chi connectivity index (χ2v) is 4.34. The first-order valence-electron chi connectivity index (χ1n) is 6.38. The molecular formula is C17H16O4. The van der Waals surface area contributed by atoms with Gasteiger partial charge in [-0.3, -0.25) is 4.79 Å². The van der Waals surface area contributed by atoms with Gasteiger partial charge in [-0.05, 0) is 23.8 Å². The minimum Gasteiger partial charge on any atom is -0.502 e. The Morgan fingerprint density at radius 3 is 2.14 bits per heavy atom. The third-order valence-electron chi connectivity index (χ3n) is 2.99. The van der Waals surface area contributed by atoms with Crippen molar-refractivity contribution in [3.05, 3.63) is 59.7 Å². The van der Waals surface area contributed by atoms with Crippen molar-refractivity contribution in [1.82, 2.24) is 0 Å². The van der Waals surface area contributed by atoms with Crippen molar-refractivity contribution in [2.75, 3.05) is 14.2 Å². The summed E-state index contributed by atoms with van der Waals surface area (Å²) in [6.07, 6.45) is 3.13. The molecule has 0 aliphatic rings. The van der Waals surface area contributed by atoms with E-state index in [1.165, 1.54) is 20.3 Å². The standard InChI is InChI=1S/C17H16O4/c1-20-15-10-12(11-16(21-2)17(15)19)8-9-14(18)13-6-4-3-5-7-13/h3-11,19H,1-2H3/b9-8+. The fourth-order valence-corrected chi connectivity index (χ4v) is 1.88. The predicted molar refractivity (Wildman–Crippen MR) is 81.0 cm³/mol. The number of hydrogen-bond acceptors (Lipinski definition) is 4. The van der Waals surface area contributed by atoms with E-state index in [1.54, 1.807) is 30.3 Å². The molecule has 2 aromatic rings. The Labute approximate surface area is 123 Å². The van der Waals surface area contributed by atoms with Crippen LogP contribution in [0.4, 0.5) is 0 Å². The molecule has 0 atom stereocenters. The van der Waals surface area contributed by atoms with Gasteiger partial charge in [0.05, 0.1) is 14.2 Å². The molecule has 1 N–H and O–H groups in total. The number of phenolic OH excluding ortho intramolecular Hbond substituents is 1. The highest BCUT2D eigenvalue weighted by molar-refractivity contribution is 6.06. The van der Waals surface area contributed by atoms with Crippen LogP contribution in [0.5, 0.6) is 17.2 Å². The van der Waals surface area contributed by atoms with Crippen LogP contribution < -0.4 is 9.47 Å². The number of hydrogen-bond donors (Lipinski definition) is 1. The summed E-state index contributed by atoms with van der Waals surface area (Å²) in [7, 11) is 2.91. The Morgan fingerprint density at radius 2 is 1.62 bits per heavy atom. The van der Waals surface area contributed by atoms with E-state index in [1.807, 2.05) is 18.2 Å². The zero-order valence-corrected chi connectivity index (χ0v) is 11.9. The maximum absolute atomic E-state index is 12.0. The van der Waals surface area contributed by atoms with Crippen LogP contribution in [0.1, 0.15) is 15.9 Å². The van der Waals surface area contributed by atoms with Crippen molar-refractivity contribution in [3.63, 3.8) is 0 Å². The van der Waals surface area contributed by atoms with Crippen LogP contribution in [0.3, 0.4) is 0 Å². The van der Waals surface area contributed by atoms with E-state index >= 15 is 0 Å². The number of methoxy groups -OCH3 is 2. The van der Waals surface area contributed by atoms with Crippen molar-refractivity contribution >= 4 is 11.9 Å². The first kappa shape index (κ1) is 14.7. The lowest BCUT2D eigenvalue weighted by atomic mass is 10.1. The lowest BCUT2D eigenvalue weighted by molar-refractivity contribution is 0.104. The van der Waals surface area contributed by atoms with Crippen LogP contribution in [0.2, 0.25) is 0 Å². The topological polar surface area (TPSA) is 55.8 Å². The van der Waals surface area contributed by atoms with Crippen LogP contribution >= 0.6 is 0 Å². The Hall–Kier alpha value is -2.75. The molecule has 0 spiro atoms. The van der Waals surface area contributed by atoms with Crippen LogP contribution in [-0.4, -0.2) is 25.1 Å². The zero-order valence-electron chi connectivity index (χ0n) is 11.9. The molecule has 21 heavy (non-hydrogen) atoms. The molecule has 0 aliphatic carbocycles. The highest BCUT2D eigenvalue weighted by atomic mass is 16.5. The molecule has 0 saturated heterocycles. The third kappa shape index (κ3) is 3.42. The molecule has 0 radical (unpaired) electrons. The van der Waals surface area contributed by atoms with E-state index in [0.29, 0.717) is 22.6 Å². The van der Waals surface area contributed by atoms with Gasteiger partial charge >= 0.3 is 0 Å². The van der Waals surface area contributed by atoms with Gasteiger partial charge in [-0.1, -0.05) is 36.4 Å². The molecular weight excluding hydrogens is 268 g/mol. The number of benzene rings is 2. The maximum atomic E-state index is 12.0. The minimum absolute atomic E-state index is 0.0634. The van der Waals surface area contributed by atoms with Gasteiger partial charge in [0.2, 0.25) is 5.75 Å². The summed E-state index contributed by atoms with van der Waals surface area (Å²) < 4.78 is 10.1. The van der Waals surface area contributed by atoms with Crippen LogP contribution in [0.25, 0.3) is 6.08 Å². The summed E-state index contributed by atoms with van der Waals surface area (Å²) in [6.45, 7) is 0. The van der Waals surface area contributed by atoms with Gasteiger partial charge in [0, 0.05) is 5.56 Å². The number of carbonyl (C=O) groups excluding carboxylic acids is 1. The molecule has 0 aromatic heterocycles. The largest absolute Gasteiger partial charge is 0.502 e. The molecule has 108 valence electrons. The average molecular weight is 284 g/mol. The lowest BCUT2D eigenvalue weighted by Gasteiger charge is -2.09. The van der Waals surface area contributed by atoms with E-state index in [0.717, 1.165) is 0 Å². The fraction of sp³-hybridized carbons (Fsp3) is 0.118. The average Bonchev–Trinajstić information content (AvgIpc) is 2.54. The first-order chi connectivity index (χ1) is 10.2. The Kier molecular flexibility index (Phi) is 4.61. The number of ketones is 1. The number of phenols is 1. The minimum atomic E-state index is -0.0957. The summed E-state index contributed by atoms with van der Waals surface area (Å²) in [5, 5.41) is 9.83. The van der Waals surface area contributed by atoms with Crippen LogP contribution in [-0.2, 0) is 0 Å². The molecule has 4 heteroatoms. The Bertz CT molecular complexity index is 635. The molecule has 2 rings (SSSR count). The van der Waals surface area contributed by atoms with E-state index in [4.69, 9.17) is 9.47 Å². The van der Waals surface area contributed by atoms with Crippen LogP contribution in [0, 0.1) is 0 Å². The van der Waals surface area contributed by atoms with E-state index in [-0.39, 0.29) is 11.5 Å². The lowest BCUT2D eigenvalue weighted by Crippen LogP contribution is -1.93. The van der Waals surface area contributed by atoms with E-state index < -0.39 is 0 Å². The molecule has 0 unspecified atom stereocenters. The van der Waals surface area contributed by atoms with Crippen molar-refractivity contribution in [2.45, 2.75) is 0 Å². The van der Waals surface area contributed by atoms with Crippen molar-refractivity contribution < 1.29 is 19.4 Å². The highest BCUT2D eigenvalue weighted by Gasteiger charge is 2.10. The molecule has 0 amide bonds. The first-order valence-corrected chi connectivity index (χ1v) is 6.38. The van der Waals surface area contributed by atoms with Gasteiger partial charge in [0.25, 0.3) is 0 Å². The molecule has 0 aliphatic heterocycles.